The van der Waals surface area contributed by atoms with E-state index in [1.54, 1.807) is 30.4 Å². The van der Waals surface area contributed by atoms with Crippen molar-refractivity contribution in [3.05, 3.63) is 80.8 Å². The third-order valence-electron chi connectivity index (χ3n) is 3.42. The zero-order valence-electron chi connectivity index (χ0n) is 12.3. The van der Waals surface area contributed by atoms with Gasteiger partial charge in [-0.2, -0.15) is 0 Å². The SMILES string of the molecule is Clc1ccc(SC(Cn2ccnc2)c2ccc(Cl)c(Cl)c2)cc1Cl. The molecule has 2 nitrogen and oxygen atoms in total. The van der Waals surface area contributed by atoms with Crippen LogP contribution in [0.4, 0.5) is 0 Å². The van der Waals surface area contributed by atoms with E-state index in [9.17, 15) is 0 Å². The highest BCUT2D eigenvalue weighted by atomic mass is 35.5. The number of aromatic nitrogens is 2. The van der Waals surface area contributed by atoms with Gasteiger partial charge in [-0.3, -0.25) is 0 Å². The van der Waals surface area contributed by atoms with Crippen molar-refractivity contribution in [1.29, 1.82) is 0 Å². The summed E-state index contributed by atoms with van der Waals surface area (Å²) in [7, 11) is 0. The zero-order valence-corrected chi connectivity index (χ0v) is 16.1. The highest BCUT2D eigenvalue weighted by molar-refractivity contribution is 7.99. The molecule has 0 amide bonds. The van der Waals surface area contributed by atoms with Crippen LogP contribution in [0.5, 0.6) is 0 Å². The summed E-state index contributed by atoms with van der Waals surface area (Å²) in [5, 5.41) is 2.28. The zero-order chi connectivity index (χ0) is 17.1. The summed E-state index contributed by atoms with van der Waals surface area (Å²) in [5.41, 5.74) is 1.08. The number of nitrogens with zero attached hydrogens (tertiary/aromatic N) is 2. The second-order valence-electron chi connectivity index (χ2n) is 5.12. The molecule has 2 aromatic carbocycles. The Morgan fingerprint density at radius 3 is 2.25 bits per heavy atom. The van der Waals surface area contributed by atoms with Gasteiger partial charge in [0.25, 0.3) is 0 Å². The summed E-state index contributed by atoms with van der Waals surface area (Å²) in [6.07, 6.45) is 5.48. The minimum Gasteiger partial charge on any atom is -0.336 e. The second-order valence-corrected chi connectivity index (χ2v) is 8.02. The van der Waals surface area contributed by atoms with E-state index < -0.39 is 0 Å². The quantitative estimate of drug-likeness (QED) is 0.414. The normalized spacial score (nSPS) is 12.3. The van der Waals surface area contributed by atoms with Crippen LogP contribution in [-0.2, 0) is 6.54 Å². The molecule has 1 heterocycles. The summed E-state index contributed by atoms with van der Waals surface area (Å²) in [5.74, 6) is 0. The summed E-state index contributed by atoms with van der Waals surface area (Å²) in [6.45, 7) is 0.739. The number of halogens is 4. The predicted molar refractivity (Wildman–Crippen MR) is 104 cm³/mol. The van der Waals surface area contributed by atoms with E-state index in [0.717, 1.165) is 17.0 Å². The molecule has 1 aromatic heterocycles. The molecular weight excluding hydrogens is 406 g/mol. The van der Waals surface area contributed by atoms with Crippen LogP contribution in [0.15, 0.2) is 60.0 Å². The number of imidazole rings is 1. The van der Waals surface area contributed by atoms with Crippen LogP contribution in [0.1, 0.15) is 10.8 Å². The van der Waals surface area contributed by atoms with Crippen LogP contribution in [0.3, 0.4) is 0 Å². The van der Waals surface area contributed by atoms with Crippen molar-refractivity contribution in [1.82, 2.24) is 9.55 Å². The van der Waals surface area contributed by atoms with E-state index in [4.69, 9.17) is 46.4 Å². The average Bonchev–Trinajstić information content (AvgIpc) is 3.06. The van der Waals surface area contributed by atoms with Crippen molar-refractivity contribution in [2.75, 3.05) is 0 Å². The van der Waals surface area contributed by atoms with Crippen molar-refractivity contribution >= 4 is 58.2 Å². The monoisotopic (exact) mass is 416 g/mol. The van der Waals surface area contributed by atoms with Gasteiger partial charge < -0.3 is 4.57 Å². The molecule has 0 spiro atoms. The minimum atomic E-state index is 0.117. The molecule has 1 atom stereocenters. The van der Waals surface area contributed by atoms with Gasteiger partial charge in [-0.05, 0) is 35.9 Å². The number of thioether (sulfide) groups is 1. The van der Waals surface area contributed by atoms with Gasteiger partial charge >= 0.3 is 0 Å². The molecule has 0 N–H and O–H groups in total. The maximum absolute atomic E-state index is 6.19. The van der Waals surface area contributed by atoms with Crippen LogP contribution in [0.2, 0.25) is 20.1 Å². The standard InChI is InChI=1S/C17H12Cl4N2S/c18-13-3-1-11(7-15(13)20)17(9-23-6-5-22-10-23)24-12-2-4-14(19)16(21)8-12/h1-8,10,17H,9H2. The van der Waals surface area contributed by atoms with Gasteiger partial charge in [0.2, 0.25) is 0 Å². The third kappa shape index (κ3) is 4.41. The lowest BCUT2D eigenvalue weighted by Gasteiger charge is -2.18. The Kier molecular flexibility index (Phi) is 6.01. The third-order valence-corrected chi connectivity index (χ3v) is 6.13. The lowest BCUT2D eigenvalue weighted by molar-refractivity contribution is 0.683. The van der Waals surface area contributed by atoms with Crippen LogP contribution in [0, 0.1) is 0 Å². The molecule has 1 unspecified atom stereocenters. The van der Waals surface area contributed by atoms with Gasteiger partial charge in [0.1, 0.15) is 0 Å². The van der Waals surface area contributed by atoms with Gasteiger partial charge in [0.05, 0.1) is 31.7 Å². The Hall–Kier alpha value is -0.840. The number of hydrogen-bond donors (Lipinski definition) is 0. The Labute approximate surface area is 164 Å². The first-order chi connectivity index (χ1) is 11.5. The van der Waals surface area contributed by atoms with Crippen molar-refractivity contribution in [3.8, 4) is 0 Å². The Balaban J connectivity index is 1.91. The van der Waals surface area contributed by atoms with Crippen LogP contribution >= 0.6 is 58.2 Å². The summed E-state index contributed by atoms with van der Waals surface area (Å²) in [6, 6.07) is 11.3. The van der Waals surface area contributed by atoms with Crippen molar-refractivity contribution in [3.63, 3.8) is 0 Å². The van der Waals surface area contributed by atoms with E-state index in [1.807, 2.05) is 41.1 Å². The van der Waals surface area contributed by atoms with Crippen LogP contribution in [-0.4, -0.2) is 9.55 Å². The number of rotatable bonds is 5. The van der Waals surface area contributed by atoms with E-state index in [-0.39, 0.29) is 5.25 Å². The van der Waals surface area contributed by atoms with Gasteiger partial charge in [-0.1, -0.05) is 52.5 Å². The fourth-order valence-electron chi connectivity index (χ4n) is 2.22. The smallest absolute Gasteiger partial charge is 0.0946 e. The molecule has 0 saturated heterocycles. The molecule has 0 aliphatic heterocycles. The molecular formula is C17H12Cl4N2S. The van der Waals surface area contributed by atoms with Gasteiger partial charge in [-0.15, -0.1) is 11.8 Å². The average molecular weight is 418 g/mol. The van der Waals surface area contributed by atoms with Gasteiger partial charge in [-0.25, -0.2) is 4.98 Å². The predicted octanol–water partition coefficient (Wildman–Crippen LogP) is 7.03. The molecule has 0 saturated carbocycles. The molecule has 0 radical (unpaired) electrons. The largest absolute Gasteiger partial charge is 0.336 e. The van der Waals surface area contributed by atoms with E-state index in [2.05, 4.69) is 4.98 Å². The Morgan fingerprint density at radius 1 is 0.917 bits per heavy atom. The van der Waals surface area contributed by atoms with Gasteiger partial charge in [0, 0.05) is 23.8 Å². The molecule has 0 aliphatic carbocycles. The van der Waals surface area contributed by atoms with Gasteiger partial charge in [0.15, 0.2) is 0 Å². The highest BCUT2D eigenvalue weighted by Gasteiger charge is 2.16. The number of hydrogen-bond acceptors (Lipinski definition) is 2. The number of benzene rings is 2. The molecule has 7 heteroatoms. The Bertz CT molecular complexity index is 837. The lowest BCUT2D eigenvalue weighted by Crippen LogP contribution is -2.05. The molecule has 0 bridgehead atoms. The van der Waals surface area contributed by atoms with Crippen molar-refractivity contribution < 1.29 is 0 Å². The fraction of sp³-hybridized carbons (Fsp3) is 0.118. The van der Waals surface area contributed by atoms with Crippen molar-refractivity contribution in [2.24, 2.45) is 0 Å². The van der Waals surface area contributed by atoms with E-state index in [1.165, 1.54) is 0 Å². The summed E-state index contributed by atoms with van der Waals surface area (Å²) >= 11 is 26.0. The first-order valence-electron chi connectivity index (χ1n) is 7.05. The summed E-state index contributed by atoms with van der Waals surface area (Å²) < 4.78 is 2.03. The summed E-state index contributed by atoms with van der Waals surface area (Å²) in [4.78, 5) is 5.13. The lowest BCUT2D eigenvalue weighted by atomic mass is 10.1. The van der Waals surface area contributed by atoms with Crippen molar-refractivity contribution in [2.45, 2.75) is 16.7 Å². The molecule has 0 fully saturated rings. The highest BCUT2D eigenvalue weighted by Crippen LogP contribution is 2.40. The first-order valence-corrected chi connectivity index (χ1v) is 9.44. The topological polar surface area (TPSA) is 17.8 Å². The van der Waals surface area contributed by atoms with Crippen LogP contribution < -0.4 is 0 Å². The second kappa shape index (κ2) is 8.03. The van der Waals surface area contributed by atoms with Crippen LogP contribution in [0.25, 0.3) is 0 Å². The Morgan fingerprint density at radius 2 is 1.62 bits per heavy atom. The molecule has 24 heavy (non-hydrogen) atoms. The van der Waals surface area contributed by atoms with E-state index >= 15 is 0 Å². The maximum atomic E-state index is 6.19. The van der Waals surface area contributed by atoms with E-state index in [0.29, 0.717) is 20.1 Å². The molecule has 124 valence electrons. The first kappa shape index (κ1) is 18.0. The molecule has 0 aliphatic rings. The fourth-order valence-corrected chi connectivity index (χ4v) is 4.08. The maximum Gasteiger partial charge on any atom is 0.0946 e. The molecule has 3 rings (SSSR count). The molecule has 3 aromatic rings. The minimum absolute atomic E-state index is 0.117.